The van der Waals surface area contributed by atoms with Crippen molar-refractivity contribution in [2.24, 2.45) is 0 Å². The van der Waals surface area contributed by atoms with Crippen molar-refractivity contribution < 1.29 is 26.7 Å². The van der Waals surface area contributed by atoms with E-state index < -0.39 is 35.1 Å². The fourth-order valence-electron chi connectivity index (χ4n) is 2.74. The molecule has 31 heavy (non-hydrogen) atoms. The van der Waals surface area contributed by atoms with Gasteiger partial charge in [-0.25, -0.2) is 13.8 Å². The molecule has 2 N–H and O–H groups in total. The lowest BCUT2D eigenvalue weighted by atomic mass is 10.1. The first-order valence-corrected chi connectivity index (χ1v) is 8.37. The number of nitrogens with one attached hydrogen (secondary N) is 2. The van der Waals surface area contributed by atoms with Gasteiger partial charge >= 0.3 is 6.18 Å². The van der Waals surface area contributed by atoms with Gasteiger partial charge in [0.25, 0.3) is 5.91 Å². The lowest BCUT2D eigenvalue weighted by molar-refractivity contribution is -0.140. The van der Waals surface area contributed by atoms with E-state index in [0.717, 1.165) is 13.0 Å². The monoisotopic (exact) mass is 431 g/mol. The SMILES string of the molecule is C#Cc1[nH]nc2c(F)c(/C=C(\F)C(=O)Nc3c(C(F)(F)F)ncc(C#N)c3C)ccc12. The van der Waals surface area contributed by atoms with Crippen LogP contribution in [0.15, 0.2) is 24.2 Å². The van der Waals surface area contributed by atoms with Crippen LogP contribution in [0.4, 0.5) is 27.6 Å². The second-order valence-corrected chi connectivity index (χ2v) is 6.18. The number of hydrogen-bond donors (Lipinski definition) is 2. The summed E-state index contributed by atoms with van der Waals surface area (Å²) in [6.45, 7) is 1.14. The summed E-state index contributed by atoms with van der Waals surface area (Å²) in [7, 11) is 0. The van der Waals surface area contributed by atoms with Crippen molar-refractivity contribution >= 4 is 28.6 Å². The third kappa shape index (κ3) is 3.94. The van der Waals surface area contributed by atoms with Gasteiger partial charge < -0.3 is 5.32 Å². The topological polar surface area (TPSA) is 94.5 Å². The Bertz CT molecular complexity index is 1320. The zero-order valence-corrected chi connectivity index (χ0v) is 15.5. The number of nitriles is 1. The summed E-state index contributed by atoms with van der Waals surface area (Å²) in [6, 6.07) is 4.10. The standard InChI is InChI=1S/C20H10F5N5O/c1-3-14-12-5-4-10(15(22)17(12)30-29-14)6-13(21)19(31)28-16-9(2)11(7-26)8-27-18(16)20(23,24)25/h1,4-6,8H,2H3,(H,28,31)(H,29,30)/b13-6-. The number of amides is 1. The van der Waals surface area contributed by atoms with Crippen LogP contribution in [0.5, 0.6) is 0 Å². The summed E-state index contributed by atoms with van der Waals surface area (Å²) in [5.74, 6) is -1.90. The van der Waals surface area contributed by atoms with E-state index in [1.807, 2.05) is 0 Å². The van der Waals surface area contributed by atoms with Gasteiger partial charge in [-0.1, -0.05) is 12.0 Å². The van der Waals surface area contributed by atoms with Crippen LogP contribution in [0.25, 0.3) is 17.0 Å². The lowest BCUT2D eigenvalue weighted by Crippen LogP contribution is -2.20. The Morgan fingerprint density at radius 3 is 2.68 bits per heavy atom. The Hall–Kier alpha value is -4.25. The fourth-order valence-corrected chi connectivity index (χ4v) is 2.74. The number of pyridine rings is 1. The molecular weight excluding hydrogens is 421 g/mol. The summed E-state index contributed by atoms with van der Waals surface area (Å²) in [5.41, 5.74) is -3.26. The van der Waals surface area contributed by atoms with Gasteiger partial charge in [0.2, 0.25) is 0 Å². The molecule has 0 bridgehead atoms. The minimum Gasteiger partial charge on any atom is -0.318 e. The molecule has 1 aromatic carbocycles. The van der Waals surface area contributed by atoms with Crippen LogP contribution >= 0.6 is 0 Å². The molecule has 0 spiro atoms. The second-order valence-electron chi connectivity index (χ2n) is 6.18. The summed E-state index contributed by atoms with van der Waals surface area (Å²) < 4.78 is 68.6. The van der Waals surface area contributed by atoms with Crippen molar-refractivity contribution in [1.82, 2.24) is 15.2 Å². The van der Waals surface area contributed by atoms with Crippen LogP contribution < -0.4 is 5.32 Å². The molecule has 0 aliphatic heterocycles. The van der Waals surface area contributed by atoms with Gasteiger partial charge in [0.05, 0.1) is 11.3 Å². The van der Waals surface area contributed by atoms with Crippen molar-refractivity contribution in [1.29, 1.82) is 5.26 Å². The van der Waals surface area contributed by atoms with Crippen molar-refractivity contribution in [3.8, 4) is 18.4 Å². The van der Waals surface area contributed by atoms with Crippen LogP contribution in [0, 0.1) is 36.4 Å². The molecule has 1 amide bonds. The highest BCUT2D eigenvalue weighted by molar-refractivity contribution is 6.06. The quantitative estimate of drug-likeness (QED) is 0.369. The Balaban J connectivity index is 1.99. The van der Waals surface area contributed by atoms with Gasteiger partial charge in [0.1, 0.15) is 17.3 Å². The number of halogens is 5. The number of fused-ring (bicyclic) bond motifs is 1. The van der Waals surface area contributed by atoms with Crippen LogP contribution in [0.2, 0.25) is 0 Å². The largest absolute Gasteiger partial charge is 0.435 e. The zero-order valence-electron chi connectivity index (χ0n) is 15.5. The number of carbonyl (C=O) groups is 1. The Kier molecular flexibility index (Phi) is 5.45. The molecule has 0 radical (unpaired) electrons. The molecule has 2 heterocycles. The molecule has 0 saturated carbocycles. The molecule has 3 rings (SSSR count). The number of nitrogens with zero attached hydrogens (tertiary/aromatic N) is 3. The molecular formula is C20H10F5N5O. The Labute approximate surface area is 171 Å². The number of anilines is 1. The van der Waals surface area contributed by atoms with Gasteiger partial charge in [-0.05, 0) is 24.6 Å². The summed E-state index contributed by atoms with van der Waals surface area (Å²) in [6.07, 6.45) is 1.46. The minimum absolute atomic E-state index is 0.197. The molecule has 0 unspecified atom stereocenters. The summed E-state index contributed by atoms with van der Waals surface area (Å²) in [4.78, 5) is 15.3. The van der Waals surface area contributed by atoms with E-state index in [9.17, 15) is 26.7 Å². The highest BCUT2D eigenvalue weighted by atomic mass is 19.4. The van der Waals surface area contributed by atoms with E-state index in [4.69, 9.17) is 11.7 Å². The van der Waals surface area contributed by atoms with Crippen LogP contribution in [0.3, 0.4) is 0 Å². The minimum atomic E-state index is -4.98. The van der Waals surface area contributed by atoms with Gasteiger partial charge in [-0.3, -0.25) is 9.89 Å². The Morgan fingerprint density at radius 2 is 2.06 bits per heavy atom. The predicted octanol–water partition coefficient (Wildman–Crippen LogP) is 4.23. The summed E-state index contributed by atoms with van der Waals surface area (Å²) >= 11 is 0. The average molecular weight is 431 g/mol. The number of hydrogen-bond acceptors (Lipinski definition) is 4. The molecule has 0 saturated heterocycles. The van der Waals surface area contributed by atoms with Gasteiger partial charge in [-0.2, -0.15) is 23.5 Å². The first-order chi connectivity index (χ1) is 14.6. The summed E-state index contributed by atoms with van der Waals surface area (Å²) in [5, 5.41) is 17.1. The van der Waals surface area contributed by atoms with Crippen LogP contribution in [-0.4, -0.2) is 21.1 Å². The van der Waals surface area contributed by atoms with Crippen LogP contribution in [0.1, 0.15) is 28.1 Å². The number of aromatic nitrogens is 3. The lowest BCUT2D eigenvalue weighted by Gasteiger charge is -2.15. The molecule has 0 fully saturated rings. The number of terminal acetylenes is 1. The molecule has 6 nitrogen and oxygen atoms in total. The highest BCUT2D eigenvalue weighted by Gasteiger charge is 2.37. The highest BCUT2D eigenvalue weighted by Crippen LogP contribution is 2.36. The molecule has 0 atom stereocenters. The first-order valence-electron chi connectivity index (χ1n) is 8.37. The normalized spacial score (nSPS) is 11.8. The van der Waals surface area contributed by atoms with E-state index in [0.29, 0.717) is 12.3 Å². The van der Waals surface area contributed by atoms with Crippen molar-refractivity contribution in [2.75, 3.05) is 5.32 Å². The molecule has 156 valence electrons. The first kappa shape index (κ1) is 21.5. The molecule has 11 heteroatoms. The molecule has 0 aliphatic carbocycles. The fraction of sp³-hybridized carbons (Fsp3) is 0.100. The maximum atomic E-state index is 14.6. The average Bonchev–Trinajstić information content (AvgIpc) is 3.14. The van der Waals surface area contributed by atoms with E-state index in [2.05, 4.69) is 21.1 Å². The number of carbonyl (C=O) groups excluding carboxylic acids is 1. The maximum absolute atomic E-state index is 14.6. The Morgan fingerprint density at radius 1 is 1.35 bits per heavy atom. The molecule has 3 aromatic rings. The predicted molar refractivity (Wildman–Crippen MR) is 100 cm³/mol. The zero-order chi connectivity index (χ0) is 22.9. The van der Waals surface area contributed by atoms with E-state index >= 15 is 0 Å². The number of H-pyrrole nitrogens is 1. The number of alkyl halides is 3. The van der Waals surface area contributed by atoms with Crippen molar-refractivity contribution in [3.63, 3.8) is 0 Å². The smallest absolute Gasteiger partial charge is 0.318 e. The third-order valence-electron chi connectivity index (χ3n) is 4.30. The van der Waals surface area contributed by atoms with Crippen LogP contribution in [-0.2, 0) is 11.0 Å². The van der Waals surface area contributed by atoms with E-state index in [1.54, 1.807) is 11.4 Å². The van der Waals surface area contributed by atoms with E-state index in [-0.39, 0.29) is 33.3 Å². The van der Waals surface area contributed by atoms with Gasteiger partial charge in [-0.15, -0.1) is 6.42 Å². The second kappa shape index (κ2) is 7.88. The third-order valence-corrected chi connectivity index (χ3v) is 4.30. The number of benzene rings is 1. The van der Waals surface area contributed by atoms with Gasteiger partial charge in [0, 0.05) is 17.1 Å². The van der Waals surface area contributed by atoms with E-state index in [1.165, 1.54) is 6.07 Å². The number of rotatable bonds is 3. The van der Waals surface area contributed by atoms with Gasteiger partial charge in [0.15, 0.2) is 17.3 Å². The van der Waals surface area contributed by atoms with Crippen molar-refractivity contribution in [2.45, 2.75) is 13.1 Å². The molecule has 0 aliphatic rings. The molecule has 2 aromatic heterocycles. The number of aromatic amines is 1. The maximum Gasteiger partial charge on any atom is 0.435 e. The van der Waals surface area contributed by atoms with Crippen molar-refractivity contribution in [3.05, 3.63) is 58.1 Å².